The molecule has 0 unspecified atom stereocenters. The third-order valence-electron chi connectivity index (χ3n) is 4.60. The highest BCUT2D eigenvalue weighted by molar-refractivity contribution is 5.95. The van der Waals surface area contributed by atoms with Crippen LogP contribution in [0.5, 0.6) is 5.75 Å². The highest BCUT2D eigenvalue weighted by atomic mass is 19.4. The van der Waals surface area contributed by atoms with Gasteiger partial charge in [0.2, 0.25) is 5.76 Å². The molecule has 0 spiro atoms. The molecule has 1 heterocycles. The van der Waals surface area contributed by atoms with Crippen LogP contribution >= 0.6 is 0 Å². The number of benzene rings is 1. The Hall–Kier alpha value is -4.62. The van der Waals surface area contributed by atoms with Crippen LogP contribution in [0.4, 0.5) is 13.2 Å². The highest BCUT2D eigenvalue weighted by Crippen LogP contribution is 2.18. The van der Waals surface area contributed by atoms with E-state index in [2.05, 4.69) is 10.1 Å². The normalized spacial score (nSPS) is 12.4. The summed E-state index contributed by atoms with van der Waals surface area (Å²) in [6.07, 6.45) is -5.08. The molecule has 0 saturated heterocycles. The second-order valence-electron chi connectivity index (χ2n) is 7.62. The first-order valence-electron chi connectivity index (χ1n) is 10.5. The lowest BCUT2D eigenvalue weighted by Gasteiger charge is -2.13. The number of nitrogens with two attached hydrogens (primary N) is 1. The van der Waals surface area contributed by atoms with E-state index in [9.17, 15) is 37.5 Å². The van der Waals surface area contributed by atoms with Crippen LogP contribution in [0, 0.1) is 5.41 Å². The molecule has 0 bridgehead atoms. The van der Waals surface area contributed by atoms with Crippen LogP contribution < -0.4 is 15.8 Å². The number of allylic oxidation sites excluding steroid dienone is 1. The fourth-order valence-corrected chi connectivity index (χ4v) is 2.76. The summed E-state index contributed by atoms with van der Waals surface area (Å²) in [4.78, 5) is 45.7. The van der Waals surface area contributed by atoms with Gasteiger partial charge in [-0.25, -0.2) is 14.4 Å². The van der Waals surface area contributed by atoms with E-state index in [1.807, 2.05) is 0 Å². The number of nitrogen functional groups attached to an aromatic ring is 1. The Balaban J connectivity index is 1.90. The fourth-order valence-electron chi connectivity index (χ4n) is 2.76. The van der Waals surface area contributed by atoms with E-state index in [1.54, 1.807) is 6.92 Å². The number of carboxylic acid groups (broad SMARTS) is 1. The van der Waals surface area contributed by atoms with Crippen molar-refractivity contribution in [3.8, 4) is 5.75 Å². The van der Waals surface area contributed by atoms with Gasteiger partial charge in [0, 0.05) is 18.4 Å². The summed E-state index contributed by atoms with van der Waals surface area (Å²) in [5, 5.41) is 19.1. The van der Waals surface area contributed by atoms with E-state index in [0.717, 1.165) is 0 Å². The van der Waals surface area contributed by atoms with Crippen molar-refractivity contribution in [2.75, 3.05) is 0 Å². The van der Waals surface area contributed by atoms with Crippen LogP contribution in [-0.2, 0) is 25.5 Å². The second kappa shape index (κ2) is 12.4. The molecule has 14 heteroatoms. The number of rotatable bonds is 11. The first-order valence-corrected chi connectivity index (χ1v) is 10.5. The maximum absolute atomic E-state index is 12.3. The van der Waals surface area contributed by atoms with Crippen molar-refractivity contribution in [3.05, 3.63) is 65.3 Å². The number of carbonyl (C=O) groups excluding carboxylic acids is 3. The number of hydrogen-bond acceptors (Lipinski definition) is 9. The van der Waals surface area contributed by atoms with Crippen molar-refractivity contribution in [1.29, 1.82) is 5.41 Å². The number of nitrogens with one attached hydrogen (secondary N) is 2. The van der Waals surface area contributed by atoms with Crippen LogP contribution in [0.15, 0.2) is 52.6 Å². The zero-order valence-corrected chi connectivity index (χ0v) is 19.3. The summed E-state index contributed by atoms with van der Waals surface area (Å²) in [5.74, 6) is -6.04. The number of esters is 3. The lowest BCUT2D eigenvalue weighted by molar-refractivity contribution is -0.201. The van der Waals surface area contributed by atoms with Crippen LogP contribution in [0.25, 0.3) is 0 Å². The number of aliphatic carboxylic acids is 1. The Morgan fingerprint density at radius 1 is 1.16 bits per heavy atom. The molecular weight excluding hydrogens is 503 g/mol. The molecule has 37 heavy (non-hydrogen) atoms. The zero-order chi connectivity index (χ0) is 27.8. The smallest absolute Gasteiger partial charge is 0.480 e. The summed E-state index contributed by atoms with van der Waals surface area (Å²) in [5.41, 5.74) is 6.37. The maximum Gasteiger partial charge on any atom is 0.491 e. The molecular formula is C23H22F3N3O8. The van der Waals surface area contributed by atoms with Crippen molar-refractivity contribution in [3.63, 3.8) is 0 Å². The minimum atomic E-state index is -5.34. The summed E-state index contributed by atoms with van der Waals surface area (Å²) in [7, 11) is 0. The molecule has 0 aliphatic carbocycles. The van der Waals surface area contributed by atoms with Gasteiger partial charge in [-0.15, -0.1) is 0 Å². The summed E-state index contributed by atoms with van der Waals surface area (Å²) in [6.45, 7) is 1.61. The Morgan fingerprint density at radius 2 is 1.81 bits per heavy atom. The molecule has 1 aromatic heterocycles. The number of carbonyl (C=O) groups is 4. The number of ether oxygens (including phenoxy) is 2. The van der Waals surface area contributed by atoms with Gasteiger partial charge < -0.3 is 30.0 Å². The number of amidine groups is 1. The maximum atomic E-state index is 12.3. The van der Waals surface area contributed by atoms with E-state index in [1.165, 1.54) is 42.6 Å². The number of alkyl halides is 3. The van der Waals surface area contributed by atoms with Gasteiger partial charge in [-0.1, -0.05) is 5.57 Å². The highest BCUT2D eigenvalue weighted by Gasteiger charge is 2.42. The molecule has 1 aromatic carbocycles. The third kappa shape index (κ3) is 9.16. The van der Waals surface area contributed by atoms with Crippen molar-refractivity contribution >= 4 is 29.7 Å². The summed E-state index contributed by atoms with van der Waals surface area (Å²) < 4.78 is 50.6. The molecule has 5 N–H and O–H groups in total. The van der Waals surface area contributed by atoms with E-state index < -0.39 is 48.9 Å². The molecule has 2 rings (SSSR count). The standard InChI is InChI=1S/C23H22F3N3O8/c1-12(11-29-16(20(31)32)7-9-18(30)37-22(34)23(24,25)26)10-15-6-8-17(35-15)21(33)36-14-4-2-13(3-5-14)19(27)28/h2-6,8,11,16,29H,7,9-10H2,1H3,(H3,27,28)(H,31,32)/t16-/m0/s1. The fraction of sp³-hybridized carbons (Fsp3) is 0.261. The molecule has 0 radical (unpaired) electrons. The second-order valence-corrected chi connectivity index (χ2v) is 7.62. The molecule has 0 fully saturated rings. The topological polar surface area (TPSA) is 182 Å². The Labute approximate surface area is 207 Å². The van der Waals surface area contributed by atoms with E-state index in [0.29, 0.717) is 16.9 Å². The Kier molecular flexibility index (Phi) is 9.57. The molecule has 0 amide bonds. The molecule has 2 aromatic rings. The molecule has 198 valence electrons. The quantitative estimate of drug-likeness (QED) is 0.112. The van der Waals surface area contributed by atoms with E-state index in [-0.39, 0.29) is 23.8 Å². The van der Waals surface area contributed by atoms with Gasteiger partial charge in [-0.05, 0) is 55.9 Å². The lowest BCUT2D eigenvalue weighted by Crippen LogP contribution is -2.35. The van der Waals surface area contributed by atoms with Crippen molar-refractivity contribution in [2.24, 2.45) is 5.73 Å². The van der Waals surface area contributed by atoms with Crippen LogP contribution in [0.3, 0.4) is 0 Å². The SMILES string of the molecule is CC(=CN[C@@H](CCC(=O)OC(=O)C(F)(F)F)C(=O)O)Cc1ccc(C(=O)Oc2ccc(C(=N)N)cc2)o1. The van der Waals surface area contributed by atoms with Gasteiger partial charge in [-0.3, -0.25) is 10.2 Å². The molecule has 0 aliphatic rings. The number of halogens is 3. The van der Waals surface area contributed by atoms with Crippen LogP contribution in [0.2, 0.25) is 0 Å². The predicted molar refractivity (Wildman–Crippen MR) is 120 cm³/mol. The average molecular weight is 525 g/mol. The van der Waals surface area contributed by atoms with Crippen molar-refractivity contribution in [2.45, 2.75) is 38.4 Å². The predicted octanol–water partition coefficient (Wildman–Crippen LogP) is 2.68. The van der Waals surface area contributed by atoms with Gasteiger partial charge >= 0.3 is 30.1 Å². The van der Waals surface area contributed by atoms with Crippen LogP contribution in [0.1, 0.15) is 41.6 Å². The molecule has 0 aliphatic heterocycles. The largest absolute Gasteiger partial charge is 0.491 e. The molecule has 11 nitrogen and oxygen atoms in total. The minimum Gasteiger partial charge on any atom is -0.480 e. The van der Waals surface area contributed by atoms with Crippen molar-refractivity contribution in [1.82, 2.24) is 5.32 Å². The number of furan rings is 1. The summed E-state index contributed by atoms with van der Waals surface area (Å²) >= 11 is 0. The van der Waals surface area contributed by atoms with E-state index >= 15 is 0 Å². The Morgan fingerprint density at radius 3 is 2.38 bits per heavy atom. The average Bonchev–Trinajstić information content (AvgIpc) is 3.27. The minimum absolute atomic E-state index is 0.0956. The van der Waals surface area contributed by atoms with Gasteiger partial charge in [0.15, 0.2) is 0 Å². The summed E-state index contributed by atoms with van der Waals surface area (Å²) in [6, 6.07) is 7.48. The number of hydrogen-bond donors (Lipinski definition) is 4. The Bertz CT molecular complexity index is 1200. The first kappa shape index (κ1) is 28.6. The van der Waals surface area contributed by atoms with Gasteiger partial charge in [0.05, 0.1) is 0 Å². The number of carboxylic acids is 1. The van der Waals surface area contributed by atoms with Crippen LogP contribution in [-0.4, -0.2) is 47.0 Å². The molecule has 0 saturated carbocycles. The van der Waals surface area contributed by atoms with Gasteiger partial charge in [-0.2, -0.15) is 13.2 Å². The van der Waals surface area contributed by atoms with E-state index in [4.69, 9.17) is 20.3 Å². The van der Waals surface area contributed by atoms with Gasteiger partial charge in [0.1, 0.15) is 23.4 Å². The van der Waals surface area contributed by atoms with Crippen molar-refractivity contribution < 1.29 is 51.3 Å². The lowest BCUT2D eigenvalue weighted by atomic mass is 10.1. The first-order chi connectivity index (χ1) is 17.3. The monoisotopic (exact) mass is 525 g/mol. The zero-order valence-electron chi connectivity index (χ0n) is 19.3. The third-order valence-corrected chi connectivity index (χ3v) is 4.60. The van der Waals surface area contributed by atoms with Gasteiger partial charge in [0.25, 0.3) is 0 Å². The molecule has 1 atom stereocenters.